The van der Waals surface area contributed by atoms with Gasteiger partial charge in [-0.1, -0.05) is 40.2 Å². The van der Waals surface area contributed by atoms with E-state index in [4.69, 9.17) is 4.74 Å². The van der Waals surface area contributed by atoms with Crippen LogP contribution in [-0.4, -0.2) is 23.8 Å². The molecule has 6 heteroatoms. The molecule has 0 aliphatic carbocycles. The topological polar surface area (TPSA) is 72.5 Å². The fraction of sp³-hybridized carbons (Fsp3) is 0.211. The highest BCUT2D eigenvalue weighted by Crippen LogP contribution is 2.13. The number of nitrogens with one attached hydrogen (secondary N) is 1. The maximum Gasteiger partial charge on any atom is 0.311 e. The van der Waals surface area contributed by atoms with Crippen LogP contribution in [0.4, 0.5) is 5.69 Å². The molecule has 0 heterocycles. The normalized spacial score (nSPS) is 11.5. The van der Waals surface area contributed by atoms with Crippen molar-refractivity contribution in [3.05, 3.63) is 64.1 Å². The summed E-state index contributed by atoms with van der Waals surface area (Å²) < 4.78 is 6.09. The van der Waals surface area contributed by atoms with Gasteiger partial charge in [0.15, 0.2) is 11.9 Å². The van der Waals surface area contributed by atoms with Gasteiger partial charge in [0.25, 0.3) is 5.91 Å². The van der Waals surface area contributed by atoms with Crippen LogP contribution in [0, 0.1) is 0 Å². The van der Waals surface area contributed by atoms with Gasteiger partial charge in [0.2, 0.25) is 0 Å². The molecule has 130 valence electrons. The molecule has 25 heavy (non-hydrogen) atoms. The summed E-state index contributed by atoms with van der Waals surface area (Å²) in [7, 11) is 0. The first kappa shape index (κ1) is 18.9. The number of hydrogen-bond donors (Lipinski definition) is 1. The van der Waals surface area contributed by atoms with Crippen LogP contribution in [0.15, 0.2) is 53.0 Å². The third-order valence-electron chi connectivity index (χ3n) is 3.48. The number of amides is 1. The molecule has 2 aromatic carbocycles. The van der Waals surface area contributed by atoms with Crippen LogP contribution in [0.2, 0.25) is 0 Å². The van der Waals surface area contributed by atoms with Gasteiger partial charge in [0.05, 0.1) is 6.42 Å². The summed E-state index contributed by atoms with van der Waals surface area (Å²) in [6, 6.07) is 13.9. The van der Waals surface area contributed by atoms with Crippen molar-refractivity contribution in [2.45, 2.75) is 26.4 Å². The summed E-state index contributed by atoms with van der Waals surface area (Å²) in [5, 5.41) is 2.64. The third-order valence-corrected chi connectivity index (χ3v) is 4.00. The van der Waals surface area contributed by atoms with Crippen LogP contribution < -0.4 is 5.32 Å². The Morgan fingerprint density at radius 1 is 1.12 bits per heavy atom. The summed E-state index contributed by atoms with van der Waals surface area (Å²) in [5.74, 6) is -1.03. The SMILES string of the molecule is CC(=O)c1cccc(NC(=O)C(C)OC(=O)Cc2ccc(Br)cc2)c1. The minimum absolute atomic E-state index is 0.0880. The lowest BCUT2D eigenvalue weighted by Crippen LogP contribution is -2.30. The molecule has 0 aromatic heterocycles. The Labute approximate surface area is 154 Å². The monoisotopic (exact) mass is 403 g/mol. The number of ether oxygens (including phenoxy) is 1. The van der Waals surface area contributed by atoms with Gasteiger partial charge in [0.1, 0.15) is 0 Å². The van der Waals surface area contributed by atoms with E-state index in [1.54, 1.807) is 24.3 Å². The zero-order valence-electron chi connectivity index (χ0n) is 13.9. The number of ketones is 1. The zero-order chi connectivity index (χ0) is 18.4. The summed E-state index contributed by atoms with van der Waals surface area (Å²) in [6.45, 7) is 2.96. The van der Waals surface area contributed by atoms with Gasteiger partial charge in [0, 0.05) is 15.7 Å². The van der Waals surface area contributed by atoms with Gasteiger partial charge in [-0.05, 0) is 43.7 Å². The van der Waals surface area contributed by atoms with Gasteiger partial charge < -0.3 is 10.1 Å². The standard InChI is InChI=1S/C19H18BrNO4/c1-12(22)15-4-3-5-17(11-15)21-19(24)13(2)25-18(23)10-14-6-8-16(20)9-7-14/h3-9,11,13H,10H2,1-2H3,(H,21,24). The van der Waals surface area contributed by atoms with Gasteiger partial charge in [-0.15, -0.1) is 0 Å². The van der Waals surface area contributed by atoms with Gasteiger partial charge in [-0.2, -0.15) is 0 Å². The van der Waals surface area contributed by atoms with Gasteiger partial charge >= 0.3 is 5.97 Å². The second kappa shape index (κ2) is 8.58. The average molecular weight is 404 g/mol. The Morgan fingerprint density at radius 2 is 1.80 bits per heavy atom. The number of hydrogen-bond acceptors (Lipinski definition) is 4. The predicted molar refractivity (Wildman–Crippen MR) is 98.5 cm³/mol. The second-order valence-electron chi connectivity index (χ2n) is 5.56. The molecule has 0 saturated carbocycles. The van der Waals surface area contributed by atoms with Crippen molar-refractivity contribution in [1.29, 1.82) is 0 Å². The molecule has 1 atom stereocenters. The molecule has 1 unspecified atom stereocenters. The lowest BCUT2D eigenvalue weighted by molar-refractivity contribution is -0.152. The minimum Gasteiger partial charge on any atom is -0.452 e. The summed E-state index contributed by atoms with van der Waals surface area (Å²) in [6.07, 6.45) is -0.853. The van der Waals surface area contributed by atoms with Crippen molar-refractivity contribution in [3.8, 4) is 0 Å². The van der Waals surface area contributed by atoms with E-state index in [0.717, 1.165) is 10.0 Å². The van der Waals surface area contributed by atoms with Crippen LogP contribution in [0.1, 0.15) is 29.8 Å². The first-order valence-electron chi connectivity index (χ1n) is 7.71. The van der Waals surface area contributed by atoms with Gasteiger partial charge in [-0.25, -0.2) is 0 Å². The molecular formula is C19H18BrNO4. The largest absolute Gasteiger partial charge is 0.452 e. The van der Waals surface area contributed by atoms with Crippen molar-refractivity contribution in [3.63, 3.8) is 0 Å². The smallest absolute Gasteiger partial charge is 0.311 e. The Hall–Kier alpha value is -2.47. The summed E-state index contributed by atoms with van der Waals surface area (Å²) >= 11 is 3.33. The first-order chi connectivity index (χ1) is 11.8. The average Bonchev–Trinajstić information content (AvgIpc) is 2.57. The van der Waals surface area contributed by atoms with Crippen molar-refractivity contribution in [2.24, 2.45) is 0 Å². The van der Waals surface area contributed by atoms with Crippen LogP contribution in [0.5, 0.6) is 0 Å². The number of rotatable bonds is 6. The van der Waals surface area contributed by atoms with E-state index in [1.165, 1.54) is 13.8 Å². The number of Topliss-reactive ketones (excluding diaryl/α,β-unsaturated/α-hetero) is 1. The molecule has 1 N–H and O–H groups in total. The Balaban J connectivity index is 1.91. The van der Waals surface area contributed by atoms with E-state index in [2.05, 4.69) is 21.2 Å². The number of carbonyl (C=O) groups excluding carboxylic acids is 3. The van der Waals surface area contributed by atoms with E-state index in [0.29, 0.717) is 11.3 Å². The maximum absolute atomic E-state index is 12.1. The molecule has 0 spiro atoms. The second-order valence-corrected chi connectivity index (χ2v) is 6.48. The van der Waals surface area contributed by atoms with E-state index in [-0.39, 0.29) is 12.2 Å². The quantitative estimate of drug-likeness (QED) is 0.588. The van der Waals surface area contributed by atoms with Crippen LogP contribution in [0.3, 0.4) is 0 Å². The molecule has 0 fully saturated rings. The zero-order valence-corrected chi connectivity index (χ0v) is 15.5. The van der Waals surface area contributed by atoms with Crippen molar-refractivity contribution in [2.75, 3.05) is 5.32 Å². The highest BCUT2D eigenvalue weighted by molar-refractivity contribution is 9.10. The summed E-state index contributed by atoms with van der Waals surface area (Å²) in [5.41, 5.74) is 1.78. The number of esters is 1. The molecule has 0 aliphatic heterocycles. The number of halogens is 1. The van der Waals surface area contributed by atoms with Crippen molar-refractivity contribution in [1.82, 2.24) is 0 Å². The number of anilines is 1. The first-order valence-corrected chi connectivity index (χ1v) is 8.50. The van der Waals surface area contributed by atoms with Crippen molar-refractivity contribution >= 4 is 39.3 Å². The lowest BCUT2D eigenvalue weighted by Gasteiger charge is -2.14. The summed E-state index contributed by atoms with van der Waals surface area (Å²) in [4.78, 5) is 35.5. The van der Waals surface area contributed by atoms with E-state index < -0.39 is 18.0 Å². The molecule has 0 saturated heterocycles. The number of carbonyl (C=O) groups is 3. The molecule has 0 aliphatic rings. The Bertz CT molecular complexity index is 786. The molecule has 0 radical (unpaired) electrons. The maximum atomic E-state index is 12.1. The fourth-order valence-corrected chi connectivity index (χ4v) is 2.39. The van der Waals surface area contributed by atoms with E-state index in [9.17, 15) is 14.4 Å². The van der Waals surface area contributed by atoms with Crippen molar-refractivity contribution < 1.29 is 19.1 Å². The molecule has 5 nitrogen and oxygen atoms in total. The van der Waals surface area contributed by atoms with Gasteiger partial charge in [-0.3, -0.25) is 14.4 Å². The Kier molecular flexibility index (Phi) is 6.47. The van der Waals surface area contributed by atoms with E-state index in [1.807, 2.05) is 24.3 Å². The Morgan fingerprint density at radius 3 is 2.44 bits per heavy atom. The third kappa shape index (κ3) is 5.83. The lowest BCUT2D eigenvalue weighted by atomic mass is 10.1. The fourth-order valence-electron chi connectivity index (χ4n) is 2.12. The predicted octanol–water partition coefficient (Wildman–Crippen LogP) is 3.76. The minimum atomic E-state index is -0.941. The highest BCUT2D eigenvalue weighted by atomic mass is 79.9. The molecule has 1 amide bonds. The highest BCUT2D eigenvalue weighted by Gasteiger charge is 2.18. The van der Waals surface area contributed by atoms with Crippen LogP contribution >= 0.6 is 15.9 Å². The molecule has 2 rings (SSSR count). The van der Waals surface area contributed by atoms with Crippen LogP contribution in [-0.2, 0) is 20.7 Å². The molecule has 0 bridgehead atoms. The number of benzene rings is 2. The van der Waals surface area contributed by atoms with Crippen LogP contribution in [0.25, 0.3) is 0 Å². The molecule has 2 aromatic rings. The molecular weight excluding hydrogens is 386 g/mol. The van der Waals surface area contributed by atoms with E-state index >= 15 is 0 Å².